The van der Waals surface area contributed by atoms with Gasteiger partial charge < -0.3 is 15.4 Å². The molecule has 134 valence electrons. The van der Waals surface area contributed by atoms with Crippen molar-refractivity contribution in [3.8, 4) is 0 Å². The molecule has 0 aromatic rings. The smallest absolute Gasteiger partial charge is 0.150 e. The fourth-order valence-corrected chi connectivity index (χ4v) is 5.70. The predicted octanol–water partition coefficient (Wildman–Crippen LogP) is 1.54. The second-order valence-electron chi connectivity index (χ2n) is 7.80. The fraction of sp³-hybridized carbons (Fsp3) is 1.00. The molecular weight excluding hydrogens is 312 g/mol. The molecular formula is C17H32N2O3S. The summed E-state index contributed by atoms with van der Waals surface area (Å²) in [5.41, 5.74) is 0. The van der Waals surface area contributed by atoms with Crippen molar-refractivity contribution in [1.29, 1.82) is 0 Å². The summed E-state index contributed by atoms with van der Waals surface area (Å²) in [4.78, 5) is 0. The monoisotopic (exact) mass is 344 g/mol. The summed E-state index contributed by atoms with van der Waals surface area (Å²) in [7, 11) is -2.85. The van der Waals surface area contributed by atoms with Gasteiger partial charge in [-0.3, -0.25) is 0 Å². The van der Waals surface area contributed by atoms with Crippen molar-refractivity contribution in [1.82, 2.24) is 10.6 Å². The van der Waals surface area contributed by atoms with Gasteiger partial charge in [-0.05, 0) is 69.2 Å². The van der Waals surface area contributed by atoms with E-state index in [9.17, 15) is 8.42 Å². The van der Waals surface area contributed by atoms with Crippen LogP contribution < -0.4 is 10.6 Å². The molecule has 0 radical (unpaired) electrons. The number of piperidine rings is 1. The van der Waals surface area contributed by atoms with Crippen LogP contribution >= 0.6 is 0 Å². The van der Waals surface area contributed by atoms with Gasteiger partial charge in [0.2, 0.25) is 0 Å². The zero-order valence-electron chi connectivity index (χ0n) is 14.3. The number of rotatable bonds is 5. The van der Waals surface area contributed by atoms with Crippen LogP contribution in [0.15, 0.2) is 0 Å². The zero-order chi connectivity index (χ0) is 16.3. The third-order valence-corrected chi connectivity index (χ3v) is 7.79. The van der Waals surface area contributed by atoms with Crippen LogP contribution in [0.2, 0.25) is 0 Å². The van der Waals surface area contributed by atoms with Gasteiger partial charge in [-0.1, -0.05) is 0 Å². The van der Waals surface area contributed by atoms with Gasteiger partial charge in [0.05, 0.1) is 18.0 Å². The van der Waals surface area contributed by atoms with Gasteiger partial charge in [-0.2, -0.15) is 0 Å². The summed E-state index contributed by atoms with van der Waals surface area (Å²) >= 11 is 0. The molecule has 2 aliphatic heterocycles. The lowest BCUT2D eigenvalue weighted by molar-refractivity contribution is 0.158. The van der Waals surface area contributed by atoms with E-state index in [0.29, 0.717) is 18.0 Å². The number of sulfone groups is 1. The van der Waals surface area contributed by atoms with Crippen LogP contribution in [0.25, 0.3) is 0 Å². The van der Waals surface area contributed by atoms with Crippen molar-refractivity contribution in [2.24, 2.45) is 17.8 Å². The van der Waals surface area contributed by atoms with Gasteiger partial charge in [-0.25, -0.2) is 8.42 Å². The maximum absolute atomic E-state index is 11.7. The van der Waals surface area contributed by atoms with E-state index in [4.69, 9.17) is 4.74 Å². The van der Waals surface area contributed by atoms with Crippen molar-refractivity contribution >= 4 is 9.84 Å². The molecule has 2 saturated heterocycles. The van der Waals surface area contributed by atoms with E-state index < -0.39 is 9.84 Å². The first-order valence-electron chi connectivity index (χ1n) is 9.25. The molecule has 3 aliphatic rings. The first kappa shape index (κ1) is 17.6. The Kier molecular flexibility index (Phi) is 5.99. The van der Waals surface area contributed by atoms with Gasteiger partial charge in [0.1, 0.15) is 9.84 Å². The predicted molar refractivity (Wildman–Crippen MR) is 92.0 cm³/mol. The van der Waals surface area contributed by atoms with Gasteiger partial charge in [0, 0.05) is 19.4 Å². The highest BCUT2D eigenvalue weighted by atomic mass is 32.2. The maximum atomic E-state index is 11.7. The minimum absolute atomic E-state index is 0.0863. The van der Waals surface area contributed by atoms with Crippen LogP contribution in [-0.4, -0.2) is 52.4 Å². The van der Waals surface area contributed by atoms with Gasteiger partial charge in [-0.15, -0.1) is 0 Å². The average Bonchev–Trinajstić information content (AvgIpc) is 3.06. The molecule has 1 saturated carbocycles. The van der Waals surface area contributed by atoms with Crippen LogP contribution in [0.5, 0.6) is 0 Å². The van der Waals surface area contributed by atoms with Crippen molar-refractivity contribution in [3.05, 3.63) is 0 Å². The molecule has 2 N–H and O–H groups in total. The number of ether oxygens (including phenoxy) is 1. The molecule has 3 unspecified atom stereocenters. The molecule has 2 heterocycles. The van der Waals surface area contributed by atoms with E-state index in [1.54, 1.807) is 0 Å². The number of hydrogen-bond acceptors (Lipinski definition) is 5. The molecule has 0 amide bonds. The Hall–Kier alpha value is -0.170. The first-order valence-corrected chi connectivity index (χ1v) is 11.2. The van der Waals surface area contributed by atoms with Crippen LogP contribution in [0, 0.1) is 17.8 Å². The number of nitrogens with one attached hydrogen (secondary N) is 2. The quantitative estimate of drug-likeness (QED) is 0.792. The highest BCUT2D eigenvalue weighted by molar-refractivity contribution is 7.91. The summed E-state index contributed by atoms with van der Waals surface area (Å²) in [5, 5.41) is 7.19. The zero-order valence-corrected chi connectivity index (χ0v) is 15.1. The molecule has 1 aliphatic carbocycles. The molecule has 0 aromatic heterocycles. The Balaban J connectivity index is 1.43. The summed E-state index contributed by atoms with van der Waals surface area (Å²) in [6.45, 7) is 3.94. The lowest BCUT2D eigenvalue weighted by atomic mass is 9.75. The fourth-order valence-electron chi connectivity index (χ4n) is 4.57. The Morgan fingerprint density at radius 3 is 2.52 bits per heavy atom. The average molecular weight is 345 g/mol. The van der Waals surface area contributed by atoms with Crippen LogP contribution in [-0.2, 0) is 14.6 Å². The molecule has 6 heteroatoms. The Bertz CT molecular complexity index is 468. The molecule has 3 atom stereocenters. The Morgan fingerprint density at radius 1 is 1.09 bits per heavy atom. The van der Waals surface area contributed by atoms with Gasteiger partial charge in [0.15, 0.2) is 0 Å². The molecule has 5 nitrogen and oxygen atoms in total. The number of hydrogen-bond donors (Lipinski definition) is 2. The first-order chi connectivity index (χ1) is 11.0. The van der Waals surface area contributed by atoms with Gasteiger partial charge >= 0.3 is 0 Å². The molecule has 23 heavy (non-hydrogen) atoms. The topological polar surface area (TPSA) is 67.4 Å². The second-order valence-corrected chi connectivity index (χ2v) is 10.1. The normalized spacial score (nSPS) is 39.4. The minimum atomic E-state index is -2.85. The van der Waals surface area contributed by atoms with E-state index in [1.165, 1.54) is 25.5 Å². The van der Waals surface area contributed by atoms with E-state index in [1.807, 2.05) is 0 Å². The van der Waals surface area contributed by atoms with Gasteiger partial charge in [0.25, 0.3) is 0 Å². The third kappa shape index (κ3) is 4.91. The van der Waals surface area contributed by atoms with Crippen molar-refractivity contribution in [2.45, 2.75) is 56.4 Å². The standard InChI is InChI=1S/C17H32N2O3S/c1-23(20,21)16-4-2-14(3-5-16)15-6-8-18-17(10-15)19-11-13-7-9-22-12-13/h13-19H,2-12H2,1H3. The van der Waals surface area contributed by atoms with E-state index in [0.717, 1.165) is 57.9 Å². The molecule has 3 fully saturated rings. The minimum Gasteiger partial charge on any atom is -0.381 e. The van der Waals surface area contributed by atoms with E-state index >= 15 is 0 Å². The van der Waals surface area contributed by atoms with E-state index in [2.05, 4.69) is 10.6 Å². The summed E-state index contributed by atoms with van der Waals surface area (Å²) in [6.07, 6.45) is 9.32. The summed E-state index contributed by atoms with van der Waals surface area (Å²) in [6, 6.07) is 0. The van der Waals surface area contributed by atoms with Crippen molar-refractivity contribution in [2.75, 3.05) is 32.6 Å². The highest BCUT2D eigenvalue weighted by Gasteiger charge is 2.34. The van der Waals surface area contributed by atoms with Crippen molar-refractivity contribution < 1.29 is 13.2 Å². The Morgan fingerprint density at radius 2 is 1.87 bits per heavy atom. The summed E-state index contributed by atoms with van der Waals surface area (Å²) < 4.78 is 28.8. The lowest BCUT2D eigenvalue weighted by Crippen LogP contribution is -2.50. The van der Waals surface area contributed by atoms with Crippen LogP contribution in [0.1, 0.15) is 44.9 Å². The maximum Gasteiger partial charge on any atom is 0.150 e. The SMILES string of the molecule is CS(=O)(=O)C1CCC(C2CCNC(NCC3CCOC3)C2)CC1. The van der Waals surface area contributed by atoms with Crippen LogP contribution in [0.3, 0.4) is 0 Å². The molecule has 0 spiro atoms. The Labute approximate surface area is 140 Å². The summed E-state index contributed by atoms with van der Waals surface area (Å²) in [5.74, 6) is 2.13. The molecule has 0 aromatic carbocycles. The second kappa shape index (κ2) is 7.81. The van der Waals surface area contributed by atoms with E-state index in [-0.39, 0.29) is 5.25 Å². The third-order valence-electron chi connectivity index (χ3n) is 6.11. The molecule has 0 bridgehead atoms. The van der Waals surface area contributed by atoms with Crippen LogP contribution in [0.4, 0.5) is 0 Å². The lowest BCUT2D eigenvalue weighted by Gasteiger charge is -2.39. The van der Waals surface area contributed by atoms with Crippen molar-refractivity contribution in [3.63, 3.8) is 0 Å². The molecule has 3 rings (SSSR count). The highest BCUT2D eigenvalue weighted by Crippen LogP contribution is 2.37. The largest absolute Gasteiger partial charge is 0.381 e.